The van der Waals surface area contributed by atoms with E-state index in [-0.39, 0.29) is 11.8 Å². The van der Waals surface area contributed by atoms with E-state index in [1.807, 2.05) is 12.1 Å². The van der Waals surface area contributed by atoms with E-state index in [1.54, 1.807) is 13.1 Å². The van der Waals surface area contributed by atoms with Gasteiger partial charge in [-0.3, -0.25) is 4.57 Å². The minimum Gasteiger partial charge on any atom is -0.408 e. The van der Waals surface area contributed by atoms with Gasteiger partial charge in [-0.05, 0) is 37.1 Å². The quantitative estimate of drug-likeness (QED) is 0.856. The Morgan fingerprint density at radius 1 is 1.47 bits per heavy atom. The molecule has 0 saturated carbocycles. The molecule has 0 amide bonds. The molecule has 1 aliphatic rings. The molecule has 2 N–H and O–H groups in total. The van der Waals surface area contributed by atoms with Crippen LogP contribution in [0.15, 0.2) is 27.4 Å². The van der Waals surface area contributed by atoms with Crippen LogP contribution < -0.4 is 11.1 Å². The number of oxazole rings is 1. The first kappa shape index (κ1) is 12.4. The Kier molecular flexibility index (Phi) is 3.16. The predicted molar refractivity (Wildman–Crippen MR) is 72.1 cm³/mol. The van der Waals surface area contributed by atoms with Crippen molar-refractivity contribution in [1.82, 2.24) is 9.88 Å². The Morgan fingerprint density at radius 2 is 2.32 bits per heavy atom. The molecule has 0 aliphatic carbocycles. The summed E-state index contributed by atoms with van der Waals surface area (Å²) in [6, 6.07) is 5.53. The first-order valence-corrected chi connectivity index (χ1v) is 6.68. The lowest BCUT2D eigenvalue weighted by Gasteiger charge is -2.28. The molecule has 0 bridgehead atoms. The highest BCUT2D eigenvalue weighted by molar-refractivity contribution is 5.73. The van der Waals surface area contributed by atoms with Crippen molar-refractivity contribution in [2.75, 3.05) is 6.54 Å². The molecular formula is C14H18N2O3. The molecule has 2 aromatic rings. The van der Waals surface area contributed by atoms with Crippen molar-refractivity contribution in [2.24, 2.45) is 7.05 Å². The third-order valence-corrected chi connectivity index (χ3v) is 3.89. The number of aliphatic hydroxyl groups excluding tert-OH is 1. The molecule has 1 aromatic heterocycles. The van der Waals surface area contributed by atoms with Gasteiger partial charge < -0.3 is 14.8 Å². The van der Waals surface area contributed by atoms with Crippen LogP contribution in [0.25, 0.3) is 11.1 Å². The Morgan fingerprint density at radius 3 is 3.05 bits per heavy atom. The van der Waals surface area contributed by atoms with Gasteiger partial charge in [0.05, 0.1) is 11.6 Å². The average Bonchev–Trinajstić information content (AvgIpc) is 2.74. The first-order valence-electron chi connectivity index (χ1n) is 6.68. The summed E-state index contributed by atoms with van der Waals surface area (Å²) in [7, 11) is 1.67. The molecule has 5 nitrogen and oxygen atoms in total. The largest absolute Gasteiger partial charge is 0.419 e. The second-order valence-electron chi connectivity index (χ2n) is 5.16. The second-order valence-corrected chi connectivity index (χ2v) is 5.16. The van der Waals surface area contributed by atoms with Gasteiger partial charge in [0.25, 0.3) is 0 Å². The molecule has 1 aromatic carbocycles. The van der Waals surface area contributed by atoms with Gasteiger partial charge in [0.15, 0.2) is 5.58 Å². The van der Waals surface area contributed by atoms with Crippen molar-refractivity contribution < 1.29 is 9.52 Å². The predicted octanol–water partition coefficient (Wildman–Crippen LogP) is 1.31. The van der Waals surface area contributed by atoms with E-state index in [1.165, 1.54) is 4.57 Å². The van der Waals surface area contributed by atoms with Crippen LogP contribution in [0.5, 0.6) is 0 Å². The maximum atomic E-state index is 11.4. The monoisotopic (exact) mass is 262 g/mol. The third kappa shape index (κ3) is 2.19. The summed E-state index contributed by atoms with van der Waals surface area (Å²) >= 11 is 0. The number of fused-ring (bicyclic) bond motifs is 1. The molecule has 1 saturated heterocycles. The molecule has 1 fully saturated rings. The minimum absolute atomic E-state index is 0.0848. The SMILES string of the molecule is Cn1c(=O)oc2cc(C(O)C3CCCCN3)ccc21. The lowest BCUT2D eigenvalue weighted by Crippen LogP contribution is -2.38. The van der Waals surface area contributed by atoms with Crippen LogP contribution in [0.3, 0.4) is 0 Å². The van der Waals surface area contributed by atoms with Crippen LogP contribution in [0.4, 0.5) is 0 Å². The zero-order valence-electron chi connectivity index (χ0n) is 10.9. The lowest BCUT2D eigenvalue weighted by atomic mass is 9.95. The summed E-state index contributed by atoms with van der Waals surface area (Å²) in [6.07, 6.45) is 2.71. The van der Waals surface area contributed by atoms with Crippen molar-refractivity contribution in [3.63, 3.8) is 0 Å². The van der Waals surface area contributed by atoms with E-state index in [2.05, 4.69) is 5.32 Å². The summed E-state index contributed by atoms with van der Waals surface area (Å²) in [4.78, 5) is 11.4. The van der Waals surface area contributed by atoms with Gasteiger partial charge in [-0.2, -0.15) is 0 Å². The zero-order valence-corrected chi connectivity index (χ0v) is 10.9. The number of hydrogen-bond acceptors (Lipinski definition) is 4. The molecule has 1 aliphatic heterocycles. The van der Waals surface area contributed by atoms with E-state index in [0.717, 1.165) is 36.9 Å². The van der Waals surface area contributed by atoms with Gasteiger partial charge >= 0.3 is 5.76 Å². The zero-order chi connectivity index (χ0) is 13.4. The molecule has 102 valence electrons. The number of nitrogens with zero attached hydrogens (tertiary/aromatic N) is 1. The van der Waals surface area contributed by atoms with Crippen LogP contribution in [0.1, 0.15) is 30.9 Å². The fourth-order valence-corrected chi connectivity index (χ4v) is 2.71. The van der Waals surface area contributed by atoms with Crippen molar-refractivity contribution in [3.05, 3.63) is 34.3 Å². The maximum Gasteiger partial charge on any atom is 0.419 e. The average molecular weight is 262 g/mol. The van der Waals surface area contributed by atoms with Gasteiger partial charge in [0.2, 0.25) is 0 Å². The molecule has 19 heavy (non-hydrogen) atoms. The number of hydrogen-bond donors (Lipinski definition) is 2. The summed E-state index contributed by atoms with van der Waals surface area (Å²) in [5, 5.41) is 13.7. The van der Waals surface area contributed by atoms with Crippen molar-refractivity contribution in [3.8, 4) is 0 Å². The number of nitrogens with one attached hydrogen (secondary N) is 1. The first-order chi connectivity index (χ1) is 9.16. The number of benzene rings is 1. The molecule has 2 heterocycles. The highest BCUT2D eigenvalue weighted by atomic mass is 16.4. The van der Waals surface area contributed by atoms with Crippen LogP contribution in [-0.4, -0.2) is 22.3 Å². The number of rotatable bonds is 2. The Labute approximate surface area is 110 Å². The number of aromatic nitrogens is 1. The van der Waals surface area contributed by atoms with Gasteiger partial charge in [-0.1, -0.05) is 12.5 Å². The van der Waals surface area contributed by atoms with Gasteiger partial charge in [0.1, 0.15) is 0 Å². The van der Waals surface area contributed by atoms with E-state index >= 15 is 0 Å². The summed E-state index contributed by atoms with van der Waals surface area (Å²) in [5.74, 6) is -0.377. The van der Waals surface area contributed by atoms with E-state index in [9.17, 15) is 9.90 Å². The fraction of sp³-hybridized carbons (Fsp3) is 0.500. The Bertz CT molecular complexity index is 638. The van der Waals surface area contributed by atoms with Crippen molar-refractivity contribution in [2.45, 2.75) is 31.4 Å². The Balaban J connectivity index is 1.94. The number of aryl methyl sites for hydroxylation is 1. The van der Waals surface area contributed by atoms with E-state index in [4.69, 9.17) is 4.42 Å². The standard InChI is InChI=1S/C14H18N2O3/c1-16-11-6-5-9(8-12(11)19-14(16)18)13(17)10-4-2-3-7-15-10/h5-6,8,10,13,15,17H,2-4,7H2,1H3. The highest BCUT2D eigenvalue weighted by Gasteiger charge is 2.23. The van der Waals surface area contributed by atoms with Crippen LogP contribution in [0.2, 0.25) is 0 Å². The van der Waals surface area contributed by atoms with Gasteiger partial charge in [-0.25, -0.2) is 4.79 Å². The topological polar surface area (TPSA) is 67.4 Å². The fourth-order valence-electron chi connectivity index (χ4n) is 2.71. The van der Waals surface area contributed by atoms with Crippen molar-refractivity contribution in [1.29, 1.82) is 0 Å². The highest BCUT2D eigenvalue weighted by Crippen LogP contribution is 2.25. The Hall–Kier alpha value is -1.59. The molecule has 5 heteroatoms. The molecular weight excluding hydrogens is 244 g/mol. The summed E-state index contributed by atoms with van der Waals surface area (Å²) in [5.41, 5.74) is 2.07. The second kappa shape index (κ2) is 4.83. The van der Waals surface area contributed by atoms with E-state index in [0.29, 0.717) is 5.58 Å². The summed E-state index contributed by atoms with van der Waals surface area (Å²) < 4.78 is 6.62. The lowest BCUT2D eigenvalue weighted by molar-refractivity contribution is 0.114. The molecule has 3 rings (SSSR count). The van der Waals surface area contributed by atoms with E-state index < -0.39 is 6.10 Å². The smallest absolute Gasteiger partial charge is 0.408 e. The van der Waals surface area contributed by atoms with Crippen LogP contribution in [0, 0.1) is 0 Å². The van der Waals surface area contributed by atoms with Gasteiger partial charge in [0, 0.05) is 13.1 Å². The number of aliphatic hydroxyl groups is 1. The molecule has 0 radical (unpaired) electrons. The van der Waals surface area contributed by atoms with Crippen molar-refractivity contribution >= 4 is 11.1 Å². The van der Waals surface area contributed by atoms with Gasteiger partial charge in [-0.15, -0.1) is 0 Å². The van der Waals surface area contributed by atoms with Crippen LogP contribution >= 0.6 is 0 Å². The number of piperidine rings is 1. The molecule has 2 atom stereocenters. The molecule has 2 unspecified atom stereocenters. The maximum absolute atomic E-state index is 11.4. The van der Waals surface area contributed by atoms with Crippen LogP contribution in [-0.2, 0) is 7.05 Å². The third-order valence-electron chi connectivity index (χ3n) is 3.89. The minimum atomic E-state index is -0.560. The summed E-state index contributed by atoms with van der Waals surface area (Å²) in [6.45, 7) is 0.949. The normalized spacial score (nSPS) is 21.7. The molecule has 0 spiro atoms.